The number of carbonyl (C=O) groups excluding carboxylic acids is 1. The van der Waals surface area contributed by atoms with E-state index in [2.05, 4.69) is 6.92 Å². The van der Waals surface area contributed by atoms with Crippen LogP contribution in [0.25, 0.3) is 0 Å². The van der Waals surface area contributed by atoms with Crippen molar-refractivity contribution >= 4 is 5.78 Å². The largest absolute Gasteiger partial charge is 0.460 e. The van der Waals surface area contributed by atoms with E-state index in [1.165, 1.54) is 38.5 Å². The fourth-order valence-corrected chi connectivity index (χ4v) is 7.30. The molecular weight excluding hydrogens is 747 g/mol. The molecule has 0 unspecified atom stereocenters. The number of hydrogen-bond donors (Lipinski definition) is 0. The highest BCUT2D eigenvalue weighted by molar-refractivity contribution is 6.02. The van der Waals surface area contributed by atoms with E-state index in [1.807, 2.05) is 0 Å². The Morgan fingerprint density at radius 2 is 0.923 bits per heavy atom. The van der Waals surface area contributed by atoms with Crippen molar-refractivity contribution in [1.82, 2.24) is 0 Å². The lowest BCUT2D eigenvalue weighted by molar-refractivity contribution is -0.459. The number of alkyl halides is 17. The van der Waals surface area contributed by atoms with Gasteiger partial charge in [0.05, 0.1) is 0 Å². The second-order valence-electron chi connectivity index (χ2n) is 14.1. The van der Waals surface area contributed by atoms with Gasteiger partial charge in [0.1, 0.15) is 0 Å². The van der Waals surface area contributed by atoms with Gasteiger partial charge in [-0.25, -0.2) is 0 Å². The Morgan fingerprint density at radius 3 is 1.37 bits per heavy atom. The molecule has 1 nitrogen and oxygen atoms in total. The fraction of sp³-hybridized carbons (Fsp3) is 0.794. The van der Waals surface area contributed by atoms with Crippen LogP contribution in [0.1, 0.15) is 119 Å². The maximum atomic E-state index is 14.5. The minimum atomic E-state index is -8.74. The summed E-state index contributed by atoms with van der Waals surface area (Å²) in [6.07, 6.45) is 6.74. The molecule has 0 heterocycles. The van der Waals surface area contributed by atoms with Gasteiger partial charge in [-0.2, -0.15) is 74.6 Å². The van der Waals surface area contributed by atoms with Crippen LogP contribution in [-0.2, 0) is 0 Å². The van der Waals surface area contributed by atoms with Crippen molar-refractivity contribution in [2.75, 3.05) is 0 Å². The van der Waals surface area contributed by atoms with Crippen molar-refractivity contribution in [3.05, 3.63) is 35.4 Å². The molecular formula is C34H39F17O. The highest BCUT2D eigenvalue weighted by atomic mass is 19.4. The molecule has 0 spiro atoms. The molecule has 0 radical (unpaired) electrons. The SMILES string of the molecule is CCCCCCC[C@H]1CC[C@H](C2CCC(c3ccc(C(=O)C(F)(F)C(F)(F)C(F)(F)C(F)(F)C(F)(F)C(F)(F)C(F)(F)C(F)(F)F)cc3)CC2)CC1. The van der Waals surface area contributed by atoms with Crippen molar-refractivity contribution in [2.24, 2.45) is 17.8 Å². The molecule has 300 valence electrons. The van der Waals surface area contributed by atoms with E-state index >= 15 is 0 Å². The van der Waals surface area contributed by atoms with Crippen molar-refractivity contribution in [3.8, 4) is 0 Å². The van der Waals surface area contributed by atoms with Crippen LogP contribution in [0.15, 0.2) is 24.3 Å². The lowest BCUT2D eigenvalue weighted by Gasteiger charge is -2.42. The first-order valence-electron chi connectivity index (χ1n) is 17.0. The predicted octanol–water partition coefficient (Wildman–Crippen LogP) is 13.3. The van der Waals surface area contributed by atoms with E-state index in [9.17, 15) is 79.4 Å². The number of carbonyl (C=O) groups is 1. The minimum Gasteiger partial charge on any atom is -0.287 e. The summed E-state index contributed by atoms with van der Waals surface area (Å²) in [5, 5.41) is 0. The number of rotatable bonds is 16. The topological polar surface area (TPSA) is 17.1 Å². The van der Waals surface area contributed by atoms with Gasteiger partial charge >= 0.3 is 47.6 Å². The molecule has 0 saturated heterocycles. The molecule has 0 bridgehead atoms. The Hall–Kier alpha value is -2.30. The van der Waals surface area contributed by atoms with Crippen LogP contribution in [0.2, 0.25) is 0 Å². The van der Waals surface area contributed by atoms with Crippen LogP contribution in [0.5, 0.6) is 0 Å². The average molecular weight is 787 g/mol. The summed E-state index contributed by atoms with van der Waals surface area (Å²) < 4.78 is 231. The van der Waals surface area contributed by atoms with E-state index < -0.39 is 59.0 Å². The first-order chi connectivity index (χ1) is 23.6. The third-order valence-electron chi connectivity index (χ3n) is 10.7. The molecule has 2 saturated carbocycles. The van der Waals surface area contributed by atoms with Gasteiger partial charge < -0.3 is 0 Å². The summed E-state index contributed by atoms with van der Waals surface area (Å²) in [5.74, 6) is -59.9. The van der Waals surface area contributed by atoms with Gasteiger partial charge in [-0.1, -0.05) is 82.6 Å². The Kier molecular flexibility index (Phi) is 13.1. The van der Waals surface area contributed by atoms with Crippen LogP contribution >= 0.6 is 0 Å². The number of hydrogen-bond acceptors (Lipinski definition) is 1. The predicted molar refractivity (Wildman–Crippen MR) is 155 cm³/mol. The van der Waals surface area contributed by atoms with Gasteiger partial charge in [-0.15, -0.1) is 0 Å². The van der Waals surface area contributed by atoms with Crippen LogP contribution in [0, 0.1) is 17.8 Å². The highest BCUT2D eigenvalue weighted by Gasteiger charge is 2.95. The first-order valence-corrected chi connectivity index (χ1v) is 17.0. The summed E-state index contributed by atoms with van der Waals surface area (Å²) in [6, 6.07) is 2.83. The van der Waals surface area contributed by atoms with Crippen LogP contribution in [-0.4, -0.2) is 53.4 Å². The molecule has 2 fully saturated rings. The molecule has 1 aromatic rings. The zero-order valence-corrected chi connectivity index (χ0v) is 27.9. The number of unbranched alkanes of at least 4 members (excludes halogenated alkanes) is 4. The molecule has 2 aliphatic carbocycles. The van der Waals surface area contributed by atoms with Gasteiger partial charge in [0.2, 0.25) is 5.78 Å². The van der Waals surface area contributed by atoms with Crippen molar-refractivity contribution in [1.29, 1.82) is 0 Å². The molecule has 0 amide bonds. The van der Waals surface area contributed by atoms with Crippen molar-refractivity contribution in [3.63, 3.8) is 0 Å². The van der Waals surface area contributed by atoms with Crippen LogP contribution < -0.4 is 0 Å². The number of benzene rings is 1. The van der Waals surface area contributed by atoms with Gasteiger partial charge in [-0.05, 0) is 67.8 Å². The lowest BCUT2D eigenvalue weighted by Crippen LogP contribution is -2.75. The third-order valence-corrected chi connectivity index (χ3v) is 10.7. The highest BCUT2D eigenvalue weighted by Crippen LogP contribution is 2.64. The average Bonchev–Trinajstić information content (AvgIpc) is 3.07. The second kappa shape index (κ2) is 15.4. The van der Waals surface area contributed by atoms with E-state index in [0.717, 1.165) is 50.7 Å². The molecule has 0 atom stereocenters. The minimum absolute atomic E-state index is 0.205. The van der Waals surface area contributed by atoms with E-state index in [4.69, 9.17) is 0 Å². The van der Waals surface area contributed by atoms with E-state index in [0.29, 0.717) is 48.3 Å². The molecule has 2 aliphatic rings. The second-order valence-corrected chi connectivity index (χ2v) is 14.1. The molecule has 0 aromatic heterocycles. The zero-order chi connectivity index (χ0) is 39.8. The third kappa shape index (κ3) is 7.77. The number of Topliss-reactive ketones (excluding diaryl/α,β-unsaturated/α-hetero) is 1. The fourth-order valence-electron chi connectivity index (χ4n) is 7.30. The normalized spacial score (nSPS) is 23.5. The maximum Gasteiger partial charge on any atom is 0.460 e. The number of ketones is 1. The van der Waals surface area contributed by atoms with Crippen LogP contribution in [0.4, 0.5) is 74.6 Å². The Labute approximate surface area is 289 Å². The monoisotopic (exact) mass is 786 g/mol. The quantitative estimate of drug-likeness (QED) is 0.0927. The number of halogens is 17. The van der Waals surface area contributed by atoms with Gasteiger partial charge in [0.15, 0.2) is 0 Å². The molecule has 0 N–H and O–H groups in total. The summed E-state index contributed by atoms with van der Waals surface area (Å²) in [6.45, 7) is 2.16. The zero-order valence-electron chi connectivity index (χ0n) is 27.9. The molecule has 0 aliphatic heterocycles. The smallest absolute Gasteiger partial charge is 0.287 e. The lowest BCUT2D eigenvalue weighted by atomic mass is 9.68. The summed E-state index contributed by atoms with van der Waals surface area (Å²) in [7, 11) is 0. The summed E-state index contributed by atoms with van der Waals surface area (Å²) in [5.41, 5.74) is -1.13. The van der Waals surface area contributed by atoms with E-state index in [-0.39, 0.29) is 5.92 Å². The summed E-state index contributed by atoms with van der Waals surface area (Å²) >= 11 is 0. The molecule has 1 aromatic carbocycles. The molecule has 3 rings (SSSR count). The Bertz CT molecular complexity index is 1320. The molecule has 18 heteroatoms. The molecule has 52 heavy (non-hydrogen) atoms. The Balaban J connectivity index is 1.68. The standard InChI is InChI=1S/C34H39F17O/c1-2-3-4-5-6-7-20-8-10-21(11-9-20)22-12-14-23(15-13-22)24-16-18-25(19-17-24)26(52)27(35,36)28(37,38)29(39,40)30(41,42)31(43,44)32(45,46)33(47,48)34(49,50)51/h16-23H,2-15H2,1H3/t20-,21-,22?,23?. The maximum absolute atomic E-state index is 14.5. The van der Waals surface area contributed by atoms with Gasteiger partial charge in [0.25, 0.3) is 0 Å². The van der Waals surface area contributed by atoms with Crippen LogP contribution in [0.3, 0.4) is 0 Å². The van der Waals surface area contributed by atoms with Crippen molar-refractivity contribution in [2.45, 2.75) is 150 Å². The summed E-state index contributed by atoms with van der Waals surface area (Å²) in [4.78, 5) is 12.2. The van der Waals surface area contributed by atoms with Gasteiger partial charge in [-0.3, -0.25) is 4.79 Å². The van der Waals surface area contributed by atoms with E-state index in [1.54, 1.807) is 0 Å². The first kappa shape index (κ1) is 44.1. The van der Waals surface area contributed by atoms with Gasteiger partial charge in [0, 0.05) is 5.56 Å². The van der Waals surface area contributed by atoms with Crippen molar-refractivity contribution < 1.29 is 79.4 Å². The Morgan fingerprint density at radius 1 is 0.519 bits per heavy atom.